The Morgan fingerprint density at radius 1 is 1.18 bits per heavy atom. The number of hydrogen-bond donors (Lipinski definition) is 0. The Kier molecular flexibility index (Phi) is 8.36. The van der Waals surface area contributed by atoms with Gasteiger partial charge < -0.3 is 14.2 Å². The van der Waals surface area contributed by atoms with Crippen LogP contribution in [0.15, 0.2) is 23.8 Å². The van der Waals surface area contributed by atoms with E-state index in [1.165, 1.54) is 24.0 Å². The van der Waals surface area contributed by atoms with E-state index in [9.17, 15) is 4.79 Å². The Balaban J connectivity index is 1.55. The number of fused-ring (bicyclic) bond motifs is 3. The third-order valence-corrected chi connectivity index (χ3v) is 7.76. The van der Waals surface area contributed by atoms with Crippen molar-refractivity contribution in [3.8, 4) is 11.5 Å². The fourth-order valence-corrected chi connectivity index (χ4v) is 5.81. The first kappa shape index (κ1) is 25.2. The highest BCUT2D eigenvalue weighted by Crippen LogP contribution is 2.53. The van der Waals surface area contributed by atoms with Gasteiger partial charge >= 0.3 is 5.97 Å². The molecule has 0 radical (unpaired) electrons. The molecule has 0 bridgehead atoms. The molecule has 4 rings (SSSR count). The van der Waals surface area contributed by atoms with Crippen LogP contribution < -0.4 is 9.47 Å². The van der Waals surface area contributed by atoms with Gasteiger partial charge in [0.25, 0.3) is 0 Å². The van der Waals surface area contributed by atoms with Crippen LogP contribution in [0.3, 0.4) is 0 Å². The van der Waals surface area contributed by atoms with Crippen LogP contribution >= 0.6 is 0 Å². The number of aryl methyl sites for hydroxylation is 1. The fourth-order valence-electron chi connectivity index (χ4n) is 5.81. The van der Waals surface area contributed by atoms with Crippen molar-refractivity contribution >= 4 is 5.97 Å². The molecule has 0 aromatic heterocycles. The van der Waals surface area contributed by atoms with E-state index in [2.05, 4.69) is 50.8 Å². The lowest BCUT2D eigenvalue weighted by Crippen LogP contribution is -2.45. The summed E-state index contributed by atoms with van der Waals surface area (Å²) in [7, 11) is 0. The summed E-state index contributed by atoms with van der Waals surface area (Å²) in [4.78, 5) is 15.3. The highest BCUT2D eigenvalue weighted by atomic mass is 16.5. The van der Waals surface area contributed by atoms with Gasteiger partial charge in [0.05, 0.1) is 13.2 Å². The smallest absolute Gasteiger partial charge is 0.311 e. The molecule has 1 aromatic carbocycles. The van der Waals surface area contributed by atoms with Crippen molar-refractivity contribution in [2.45, 2.75) is 90.6 Å². The number of rotatable bonds is 9. The van der Waals surface area contributed by atoms with Crippen molar-refractivity contribution in [2.24, 2.45) is 5.92 Å². The van der Waals surface area contributed by atoms with Crippen molar-refractivity contribution in [2.75, 3.05) is 32.8 Å². The second kappa shape index (κ2) is 11.3. The van der Waals surface area contributed by atoms with Crippen LogP contribution in [0.25, 0.3) is 0 Å². The Hall–Kier alpha value is -1.85. The van der Waals surface area contributed by atoms with E-state index in [1.807, 2.05) is 0 Å². The predicted molar refractivity (Wildman–Crippen MR) is 136 cm³/mol. The summed E-state index contributed by atoms with van der Waals surface area (Å²) in [6.07, 6.45) is 10.4. The zero-order valence-corrected chi connectivity index (χ0v) is 21.7. The van der Waals surface area contributed by atoms with Gasteiger partial charge in [-0.1, -0.05) is 31.4 Å². The van der Waals surface area contributed by atoms with E-state index < -0.39 is 0 Å². The Morgan fingerprint density at radius 3 is 2.74 bits per heavy atom. The Morgan fingerprint density at radius 2 is 1.97 bits per heavy atom. The summed E-state index contributed by atoms with van der Waals surface area (Å²) >= 11 is 0. The number of carbonyl (C=O) groups excluding carboxylic acids is 1. The Bertz CT molecular complexity index is 884. The van der Waals surface area contributed by atoms with E-state index in [-0.39, 0.29) is 17.5 Å². The lowest BCUT2D eigenvalue weighted by Gasteiger charge is -2.46. The van der Waals surface area contributed by atoms with Crippen molar-refractivity contribution in [3.63, 3.8) is 0 Å². The number of ether oxygens (including phenoxy) is 3. The first-order valence-corrected chi connectivity index (χ1v) is 13.4. The molecule has 0 spiro atoms. The maximum absolute atomic E-state index is 12.9. The standard InChI is InChI=1S/C29H43NO4/c1-5-6-7-9-22-19-25(33-27(31)10-8-13-30-14-16-32-17-15-30)28-23-18-21(2)11-12-24(23)29(3,4)34-26(28)20-22/h18-20,23-24H,5-17H2,1-4H3/t23-,24-/m1/s1. The van der Waals surface area contributed by atoms with Gasteiger partial charge in [-0.3, -0.25) is 9.69 Å². The van der Waals surface area contributed by atoms with Crippen molar-refractivity contribution in [1.29, 1.82) is 0 Å². The number of hydrogen-bond acceptors (Lipinski definition) is 5. The molecular formula is C29H43NO4. The van der Waals surface area contributed by atoms with Gasteiger partial charge in [0, 0.05) is 36.9 Å². The van der Waals surface area contributed by atoms with E-state index in [4.69, 9.17) is 14.2 Å². The lowest BCUT2D eigenvalue weighted by atomic mass is 9.68. The second-order valence-corrected chi connectivity index (χ2v) is 10.9. The normalized spacial score (nSPS) is 23.9. The fraction of sp³-hybridized carbons (Fsp3) is 0.690. The van der Waals surface area contributed by atoms with Crippen LogP contribution in [-0.2, 0) is 16.0 Å². The molecule has 2 aliphatic heterocycles. The molecule has 1 fully saturated rings. The van der Waals surface area contributed by atoms with E-state index >= 15 is 0 Å². The molecule has 1 aromatic rings. The summed E-state index contributed by atoms with van der Waals surface area (Å²) < 4.78 is 18.1. The first-order valence-electron chi connectivity index (χ1n) is 13.4. The van der Waals surface area contributed by atoms with Crippen LogP contribution in [-0.4, -0.2) is 49.3 Å². The van der Waals surface area contributed by atoms with Crippen LogP contribution in [0.2, 0.25) is 0 Å². The first-order chi connectivity index (χ1) is 16.4. The van der Waals surface area contributed by atoms with Crippen molar-refractivity contribution in [3.05, 3.63) is 34.9 Å². The Labute approximate surface area is 205 Å². The van der Waals surface area contributed by atoms with Gasteiger partial charge in [0.15, 0.2) is 0 Å². The minimum absolute atomic E-state index is 0.140. The minimum Gasteiger partial charge on any atom is -0.487 e. The molecule has 188 valence electrons. The SMILES string of the molecule is CCCCCc1cc(OC(=O)CCCN2CCOCC2)c2c(c1)OC(C)(C)[C@@H]1CCC(C)=C[C@@H]21. The monoisotopic (exact) mass is 469 g/mol. The topological polar surface area (TPSA) is 48.0 Å². The summed E-state index contributed by atoms with van der Waals surface area (Å²) in [5.74, 6) is 2.10. The molecule has 0 amide bonds. The summed E-state index contributed by atoms with van der Waals surface area (Å²) in [5, 5.41) is 0. The number of nitrogens with zero attached hydrogens (tertiary/aromatic N) is 1. The van der Waals surface area contributed by atoms with Crippen LogP contribution in [0.4, 0.5) is 0 Å². The van der Waals surface area contributed by atoms with Gasteiger partial charge in [-0.05, 0) is 77.1 Å². The van der Waals surface area contributed by atoms with E-state index in [0.717, 1.165) is 82.0 Å². The molecule has 1 aliphatic carbocycles. The number of benzene rings is 1. The molecule has 0 unspecified atom stereocenters. The molecular weight excluding hydrogens is 426 g/mol. The van der Waals surface area contributed by atoms with Crippen LogP contribution in [0.5, 0.6) is 11.5 Å². The number of esters is 1. The zero-order valence-electron chi connectivity index (χ0n) is 21.7. The maximum Gasteiger partial charge on any atom is 0.311 e. The van der Waals surface area contributed by atoms with Crippen LogP contribution in [0.1, 0.15) is 89.7 Å². The third kappa shape index (κ3) is 6.04. The summed E-state index contributed by atoms with van der Waals surface area (Å²) in [6.45, 7) is 13.2. The maximum atomic E-state index is 12.9. The second-order valence-electron chi connectivity index (χ2n) is 10.9. The predicted octanol–water partition coefficient (Wildman–Crippen LogP) is 6.05. The molecule has 0 N–H and O–H groups in total. The number of carbonyl (C=O) groups is 1. The molecule has 1 saturated heterocycles. The molecule has 2 atom stereocenters. The molecule has 0 saturated carbocycles. The summed E-state index contributed by atoms with van der Waals surface area (Å²) in [6, 6.07) is 4.32. The van der Waals surface area contributed by atoms with E-state index in [0.29, 0.717) is 12.3 Å². The number of allylic oxidation sites excluding steroid dienone is 2. The van der Waals surface area contributed by atoms with Gasteiger partial charge in [0.1, 0.15) is 17.1 Å². The number of unbranched alkanes of at least 4 members (excludes halogenated alkanes) is 2. The van der Waals surface area contributed by atoms with Gasteiger partial charge in [-0.25, -0.2) is 0 Å². The largest absolute Gasteiger partial charge is 0.487 e. The third-order valence-electron chi connectivity index (χ3n) is 7.76. The average Bonchev–Trinajstić information content (AvgIpc) is 2.79. The average molecular weight is 470 g/mol. The highest BCUT2D eigenvalue weighted by Gasteiger charge is 2.45. The van der Waals surface area contributed by atoms with Crippen molar-refractivity contribution < 1.29 is 19.0 Å². The van der Waals surface area contributed by atoms with E-state index in [1.54, 1.807) is 0 Å². The minimum atomic E-state index is -0.240. The molecule has 2 heterocycles. The highest BCUT2D eigenvalue weighted by molar-refractivity contribution is 5.74. The van der Waals surface area contributed by atoms with Crippen molar-refractivity contribution in [1.82, 2.24) is 4.90 Å². The zero-order chi connectivity index (χ0) is 24.1. The molecule has 3 aliphatic rings. The van der Waals surface area contributed by atoms with Crippen LogP contribution in [0, 0.1) is 5.92 Å². The molecule has 5 nitrogen and oxygen atoms in total. The number of morpholine rings is 1. The quantitative estimate of drug-likeness (QED) is 0.191. The van der Waals surface area contributed by atoms with Gasteiger partial charge in [0.2, 0.25) is 0 Å². The summed E-state index contributed by atoms with van der Waals surface area (Å²) in [5.41, 5.74) is 3.45. The molecule has 34 heavy (non-hydrogen) atoms. The lowest BCUT2D eigenvalue weighted by molar-refractivity contribution is -0.134. The van der Waals surface area contributed by atoms with Gasteiger partial charge in [-0.15, -0.1) is 0 Å². The van der Waals surface area contributed by atoms with Gasteiger partial charge in [-0.2, -0.15) is 0 Å². The molecule has 5 heteroatoms.